The van der Waals surface area contributed by atoms with E-state index in [-0.39, 0.29) is 30.2 Å². The van der Waals surface area contributed by atoms with Crippen molar-refractivity contribution in [3.63, 3.8) is 0 Å². The molecule has 1 unspecified atom stereocenters. The molecule has 3 rings (SSSR count). The van der Waals surface area contributed by atoms with Crippen molar-refractivity contribution in [1.82, 2.24) is 10.6 Å². The van der Waals surface area contributed by atoms with Crippen molar-refractivity contribution in [1.29, 1.82) is 0 Å². The first-order chi connectivity index (χ1) is 18.7. The Kier molecular flexibility index (Phi) is 10.2. The van der Waals surface area contributed by atoms with E-state index in [4.69, 9.17) is 9.47 Å². The molecule has 8 nitrogen and oxygen atoms in total. The summed E-state index contributed by atoms with van der Waals surface area (Å²) in [6.07, 6.45) is -0.0430. The fraction of sp³-hybridized carbons (Fsp3) is 0.516. The van der Waals surface area contributed by atoms with Crippen molar-refractivity contribution < 1.29 is 28.2 Å². The van der Waals surface area contributed by atoms with Crippen LogP contribution < -0.4 is 16.0 Å². The fourth-order valence-corrected chi connectivity index (χ4v) is 4.74. The number of halogens is 1. The average molecular weight is 556 g/mol. The van der Waals surface area contributed by atoms with Gasteiger partial charge in [-0.1, -0.05) is 51.1 Å². The van der Waals surface area contributed by atoms with Gasteiger partial charge >= 0.3 is 12.1 Å². The van der Waals surface area contributed by atoms with Gasteiger partial charge < -0.3 is 25.4 Å². The number of alkyl carbamates (subject to hydrolysis) is 1. The molecule has 1 aliphatic heterocycles. The predicted molar refractivity (Wildman–Crippen MR) is 152 cm³/mol. The molecule has 0 fully saturated rings. The SMILES string of the molecule is CC(C)(C)C[C@H](NC(=O)OCc1ccccc1)C(=O)N[C@H](CC(=O)OC(C)(C)C)CC1CNc2ccc(F)cc21. The van der Waals surface area contributed by atoms with E-state index < -0.39 is 35.7 Å². The molecule has 3 atom stereocenters. The number of hydrogen-bond donors (Lipinski definition) is 3. The van der Waals surface area contributed by atoms with E-state index in [1.807, 2.05) is 51.1 Å². The molecule has 1 aliphatic rings. The van der Waals surface area contributed by atoms with Crippen LogP contribution >= 0.6 is 0 Å². The molecule has 2 amide bonds. The Morgan fingerprint density at radius 3 is 2.38 bits per heavy atom. The molecule has 2 aromatic rings. The van der Waals surface area contributed by atoms with Gasteiger partial charge in [-0.2, -0.15) is 0 Å². The lowest BCUT2D eigenvalue weighted by atomic mass is 9.87. The highest BCUT2D eigenvalue weighted by atomic mass is 19.1. The number of hydrogen-bond acceptors (Lipinski definition) is 6. The van der Waals surface area contributed by atoms with Gasteiger partial charge in [0.2, 0.25) is 5.91 Å². The van der Waals surface area contributed by atoms with Crippen molar-refractivity contribution in [2.24, 2.45) is 5.41 Å². The van der Waals surface area contributed by atoms with Crippen molar-refractivity contribution in [3.05, 3.63) is 65.5 Å². The first kappa shape index (κ1) is 30.9. The number of fused-ring (bicyclic) bond motifs is 1. The number of carbonyl (C=O) groups excluding carboxylic acids is 3. The van der Waals surface area contributed by atoms with Gasteiger partial charge in [-0.05, 0) is 68.4 Å². The second-order valence-electron chi connectivity index (χ2n) is 12.6. The van der Waals surface area contributed by atoms with Gasteiger partial charge in [0.05, 0.1) is 6.42 Å². The minimum Gasteiger partial charge on any atom is -0.460 e. The Morgan fingerprint density at radius 1 is 1.02 bits per heavy atom. The lowest BCUT2D eigenvalue weighted by Crippen LogP contribution is -2.51. The number of amides is 2. The normalized spacial score (nSPS) is 16.2. The standard InChI is InChI=1S/C31H42FN3O5/c1-30(2,3)17-26(35-29(38)39-19-20-10-8-7-9-11-20)28(37)34-23(16-27(36)40-31(4,5)6)14-21-18-33-25-13-12-22(32)15-24(21)25/h7-13,15,21,23,26,33H,14,16-19H2,1-6H3,(H,34,37)(H,35,38)/t21?,23-,26-/m0/s1. The number of esters is 1. The smallest absolute Gasteiger partial charge is 0.408 e. The lowest BCUT2D eigenvalue weighted by molar-refractivity contribution is -0.155. The van der Waals surface area contributed by atoms with Gasteiger partial charge in [-0.25, -0.2) is 9.18 Å². The number of nitrogens with one attached hydrogen (secondary N) is 3. The molecule has 40 heavy (non-hydrogen) atoms. The van der Waals surface area contributed by atoms with E-state index in [0.717, 1.165) is 16.8 Å². The first-order valence-corrected chi connectivity index (χ1v) is 13.7. The minimum atomic E-state index is -0.893. The van der Waals surface area contributed by atoms with Crippen LogP contribution in [0.2, 0.25) is 0 Å². The van der Waals surface area contributed by atoms with E-state index in [2.05, 4.69) is 16.0 Å². The van der Waals surface area contributed by atoms with Crippen LogP contribution in [0.25, 0.3) is 0 Å². The van der Waals surface area contributed by atoms with Crippen LogP contribution in [0.1, 0.15) is 77.8 Å². The Labute approximate surface area is 236 Å². The largest absolute Gasteiger partial charge is 0.460 e. The molecule has 3 N–H and O–H groups in total. The average Bonchev–Trinajstić information content (AvgIpc) is 3.22. The molecule has 218 valence electrons. The summed E-state index contributed by atoms with van der Waals surface area (Å²) in [6, 6.07) is 12.3. The van der Waals surface area contributed by atoms with Gasteiger partial charge in [0.25, 0.3) is 0 Å². The molecule has 0 aromatic heterocycles. The molecule has 2 aromatic carbocycles. The van der Waals surface area contributed by atoms with E-state index in [9.17, 15) is 18.8 Å². The Morgan fingerprint density at radius 2 is 1.73 bits per heavy atom. The summed E-state index contributed by atoms with van der Waals surface area (Å²) in [4.78, 5) is 39.0. The van der Waals surface area contributed by atoms with Crippen LogP contribution in [0.5, 0.6) is 0 Å². The Balaban J connectivity index is 1.74. The molecular weight excluding hydrogens is 513 g/mol. The third kappa shape index (κ3) is 10.2. The molecule has 0 saturated heterocycles. The van der Waals surface area contributed by atoms with Gasteiger partial charge in [-0.15, -0.1) is 0 Å². The molecule has 9 heteroatoms. The zero-order chi connectivity index (χ0) is 29.5. The highest BCUT2D eigenvalue weighted by molar-refractivity contribution is 5.86. The summed E-state index contributed by atoms with van der Waals surface area (Å²) in [5.74, 6) is -1.34. The van der Waals surface area contributed by atoms with E-state index in [1.54, 1.807) is 26.8 Å². The molecule has 0 saturated carbocycles. The van der Waals surface area contributed by atoms with E-state index in [0.29, 0.717) is 19.4 Å². The van der Waals surface area contributed by atoms with Gasteiger partial charge in [0.1, 0.15) is 24.1 Å². The van der Waals surface area contributed by atoms with Crippen LogP contribution in [0.15, 0.2) is 48.5 Å². The first-order valence-electron chi connectivity index (χ1n) is 13.7. The minimum absolute atomic E-state index is 0.0646. The van der Waals surface area contributed by atoms with Crippen molar-refractivity contribution in [3.8, 4) is 0 Å². The van der Waals surface area contributed by atoms with Crippen LogP contribution in [-0.2, 0) is 25.7 Å². The van der Waals surface area contributed by atoms with Crippen LogP contribution in [-0.4, -0.2) is 42.2 Å². The summed E-state index contributed by atoms with van der Waals surface area (Å²) in [6.45, 7) is 11.9. The maximum atomic E-state index is 14.0. The number of ether oxygens (including phenoxy) is 2. The highest BCUT2D eigenvalue weighted by Gasteiger charge is 2.33. The molecule has 1 heterocycles. The Hall–Kier alpha value is -3.62. The van der Waals surface area contributed by atoms with E-state index >= 15 is 0 Å². The molecule has 0 radical (unpaired) electrons. The summed E-state index contributed by atoms with van der Waals surface area (Å²) in [5, 5.41) is 8.95. The second-order valence-corrected chi connectivity index (χ2v) is 12.6. The number of anilines is 1. The van der Waals surface area contributed by atoms with Gasteiger partial charge in [0, 0.05) is 24.2 Å². The van der Waals surface area contributed by atoms with Gasteiger partial charge in [-0.3, -0.25) is 9.59 Å². The van der Waals surface area contributed by atoms with Crippen molar-refractivity contribution >= 4 is 23.7 Å². The second kappa shape index (κ2) is 13.2. The lowest BCUT2D eigenvalue weighted by Gasteiger charge is -2.29. The zero-order valence-electron chi connectivity index (χ0n) is 24.3. The molecule has 0 aliphatic carbocycles. The summed E-state index contributed by atoms with van der Waals surface area (Å²) < 4.78 is 24.9. The maximum absolute atomic E-state index is 14.0. The number of rotatable bonds is 10. The zero-order valence-corrected chi connectivity index (χ0v) is 24.3. The van der Waals surface area contributed by atoms with Crippen LogP contribution in [0.4, 0.5) is 14.9 Å². The van der Waals surface area contributed by atoms with Crippen LogP contribution in [0, 0.1) is 11.2 Å². The predicted octanol–water partition coefficient (Wildman–Crippen LogP) is 5.67. The maximum Gasteiger partial charge on any atom is 0.408 e. The topological polar surface area (TPSA) is 106 Å². The summed E-state index contributed by atoms with van der Waals surface area (Å²) in [7, 11) is 0. The molecule has 0 bridgehead atoms. The van der Waals surface area contributed by atoms with Crippen LogP contribution in [0.3, 0.4) is 0 Å². The third-order valence-corrected chi connectivity index (χ3v) is 6.38. The Bertz CT molecular complexity index is 1170. The third-order valence-electron chi connectivity index (χ3n) is 6.38. The van der Waals surface area contributed by atoms with Crippen molar-refractivity contribution in [2.45, 2.75) is 91.0 Å². The molecular formula is C31H42FN3O5. The highest BCUT2D eigenvalue weighted by Crippen LogP contribution is 2.35. The fourth-order valence-electron chi connectivity index (χ4n) is 4.74. The summed E-state index contributed by atoms with van der Waals surface area (Å²) in [5.41, 5.74) is 1.49. The quantitative estimate of drug-likeness (QED) is 0.326. The monoisotopic (exact) mass is 555 g/mol. The molecule has 0 spiro atoms. The number of carbonyl (C=O) groups is 3. The summed E-state index contributed by atoms with van der Waals surface area (Å²) >= 11 is 0. The van der Waals surface area contributed by atoms with Crippen molar-refractivity contribution in [2.75, 3.05) is 11.9 Å². The van der Waals surface area contributed by atoms with Gasteiger partial charge in [0.15, 0.2) is 0 Å². The number of benzene rings is 2. The van der Waals surface area contributed by atoms with E-state index in [1.165, 1.54) is 12.1 Å².